The van der Waals surface area contributed by atoms with Crippen LogP contribution in [0.15, 0.2) is 5.28 Å². The molecule has 0 unspecified atom stereocenters. The Morgan fingerprint density at radius 3 is 2.60 bits per heavy atom. The molecule has 0 aliphatic rings. The van der Waals surface area contributed by atoms with Gasteiger partial charge < -0.3 is 15.7 Å². The Balaban J connectivity index is 3.76. The van der Waals surface area contributed by atoms with Gasteiger partial charge in [-0.15, -0.1) is 5.01 Å². The van der Waals surface area contributed by atoms with Crippen molar-refractivity contribution in [2.45, 2.75) is 39.7 Å². The topological polar surface area (TPSA) is 73.9 Å². The molecule has 0 heterocycles. The summed E-state index contributed by atoms with van der Waals surface area (Å²) >= 11 is 0. The predicted octanol–water partition coefficient (Wildman–Crippen LogP) is 1.35. The third kappa shape index (κ3) is 6.96. The molecule has 0 radical (unpaired) electrons. The van der Waals surface area contributed by atoms with E-state index in [1.807, 2.05) is 6.92 Å². The zero-order chi connectivity index (χ0) is 11.7. The van der Waals surface area contributed by atoms with Crippen LogP contribution in [0.5, 0.6) is 0 Å². The molecule has 6 heteroatoms. The van der Waals surface area contributed by atoms with Crippen molar-refractivity contribution in [2.24, 2.45) is 5.28 Å². The van der Waals surface area contributed by atoms with E-state index in [4.69, 9.17) is 5.21 Å². The van der Waals surface area contributed by atoms with Gasteiger partial charge in [-0.3, -0.25) is 0 Å². The molecule has 0 spiro atoms. The second-order valence-corrected chi connectivity index (χ2v) is 3.76. The fourth-order valence-corrected chi connectivity index (χ4v) is 1.25. The lowest BCUT2D eigenvalue weighted by molar-refractivity contribution is -0.709. The van der Waals surface area contributed by atoms with Gasteiger partial charge in [0.1, 0.15) is 0 Å². The van der Waals surface area contributed by atoms with Crippen LogP contribution >= 0.6 is 0 Å². The van der Waals surface area contributed by atoms with E-state index in [-0.39, 0.29) is 4.97 Å². The summed E-state index contributed by atoms with van der Waals surface area (Å²) in [5.41, 5.74) is 0. The first kappa shape index (κ1) is 14.0. The van der Waals surface area contributed by atoms with Crippen molar-refractivity contribution in [3.05, 3.63) is 5.21 Å². The van der Waals surface area contributed by atoms with Gasteiger partial charge >= 0.3 is 0 Å². The molecule has 6 nitrogen and oxygen atoms in total. The van der Waals surface area contributed by atoms with Crippen molar-refractivity contribution in [3.8, 4) is 0 Å². The highest BCUT2D eigenvalue weighted by atomic mass is 16.6. The SMILES string of the molecule is CCCN(CCCNC(C)C)/[N+]([O-])=N/O. The highest BCUT2D eigenvalue weighted by molar-refractivity contribution is 4.54. The molecule has 0 fully saturated rings. The van der Waals surface area contributed by atoms with Gasteiger partial charge in [-0.2, -0.15) is 0 Å². The molecule has 0 rings (SSSR count). The van der Waals surface area contributed by atoms with Crippen LogP contribution < -0.4 is 5.32 Å². The molecule has 0 saturated carbocycles. The van der Waals surface area contributed by atoms with Gasteiger partial charge in [0.2, 0.25) is 5.28 Å². The number of hydrogen-bond donors (Lipinski definition) is 2. The van der Waals surface area contributed by atoms with Gasteiger partial charge in [0.15, 0.2) is 0 Å². The smallest absolute Gasteiger partial charge is 0.230 e. The van der Waals surface area contributed by atoms with Crippen LogP contribution in [-0.4, -0.2) is 40.9 Å². The van der Waals surface area contributed by atoms with E-state index >= 15 is 0 Å². The van der Waals surface area contributed by atoms with Crippen LogP contribution in [0.4, 0.5) is 0 Å². The summed E-state index contributed by atoms with van der Waals surface area (Å²) in [4.78, 5) is 0.249. The maximum atomic E-state index is 11.0. The van der Waals surface area contributed by atoms with Gasteiger partial charge in [0, 0.05) is 6.04 Å². The van der Waals surface area contributed by atoms with E-state index in [0.29, 0.717) is 19.1 Å². The van der Waals surface area contributed by atoms with E-state index in [1.54, 1.807) is 0 Å². The van der Waals surface area contributed by atoms with E-state index in [2.05, 4.69) is 24.4 Å². The fourth-order valence-electron chi connectivity index (χ4n) is 1.25. The predicted molar refractivity (Wildman–Crippen MR) is 57.5 cm³/mol. The van der Waals surface area contributed by atoms with Crippen LogP contribution in [0.2, 0.25) is 0 Å². The lowest BCUT2D eigenvalue weighted by Gasteiger charge is -2.17. The molecule has 0 aromatic heterocycles. The van der Waals surface area contributed by atoms with E-state index < -0.39 is 0 Å². The summed E-state index contributed by atoms with van der Waals surface area (Å²) in [6.07, 6.45) is 1.71. The molecule has 0 aromatic carbocycles. The van der Waals surface area contributed by atoms with Crippen LogP contribution in [-0.2, 0) is 0 Å². The summed E-state index contributed by atoms with van der Waals surface area (Å²) in [6.45, 7) is 8.19. The van der Waals surface area contributed by atoms with Crippen molar-refractivity contribution in [2.75, 3.05) is 19.6 Å². The van der Waals surface area contributed by atoms with E-state index in [9.17, 15) is 5.21 Å². The van der Waals surface area contributed by atoms with Crippen LogP contribution in [0, 0.1) is 5.21 Å². The van der Waals surface area contributed by atoms with Crippen LogP contribution in [0.25, 0.3) is 0 Å². The first-order chi connectivity index (χ1) is 7.11. The molecule has 0 atom stereocenters. The molecule has 0 aliphatic carbocycles. The third-order valence-corrected chi connectivity index (χ3v) is 1.95. The summed E-state index contributed by atoms with van der Waals surface area (Å²) in [7, 11) is 0. The average Bonchev–Trinajstić information content (AvgIpc) is 2.21. The lowest BCUT2D eigenvalue weighted by Crippen LogP contribution is -2.34. The Morgan fingerprint density at radius 2 is 2.13 bits per heavy atom. The first-order valence-electron chi connectivity index (χ1n) is 5.42. The average molecular weight is 218 g/mol. The van der Waals surface area contributed by atoms with Gasteiger partial charge in [-0.1, -0.05) is 20.8 Å². The van der Waals surface area contributed by atoms with Crippen molar-refractivity contribution in [3.63, 3.8) is 0 Å². The van der Waals surface area contributed by atoms with Crippen molar-refractivity contribution in [1.82, 2.24) is 10.3 Å². The van der Waals surface area contributed by atoms with Crippen molar-refractivity contribution < 1.29 is 10.2 Å². The quantitative estimate of drug-likeness (QED) is 0.279. The van der Waals surface area contributed by atoms with Crippen molar-refractivity contribution >= 4 is 0 Å². The summed E-state index contributed by atoms with van der Waals surface area (Å²) in [5.74, 6) is 0. The number of hydrogen-bond acceptors (Lipinski definition) is 3. The van der Waals surface area contributed by atoms with E-state index in [0.717, 1.165) is 19.4 Å². The Morgan fingerprint density at radius 1 is 1.47 bits per heavy atom. The van der Waals surface area contributed by atoms with Gasteiger partial charge in [0.05, 0.1) is 18.1 Å². The summed E-state index contributed by atoms with van der Waals surface area (Å²) in [6, 6.07) is 0.454. The van der Waals surface area contributed by atoms with Crippen molar-refractivity contribution in [1.29, 1.82) is 0 Å². The van der Waals surface area contributed by atoms with Gasteiger partial charge in [-0.05, 0) is 19.4 Å². The molecular weight excluding hydrogens is 196 g/mol. The maximum absolute atomic E-state index is 11.0. The Kier molecular flexibility index (Phi) is 7.71. The molecule has 0 aromatic rings. The second kappa shape index (κ2) is 8.28. The van der Waals surface area contributed by atoms with Crippen LogP contribution in [0.3, 0.4) is 0 Å². The molecule has 0 amide bonds. The van der Waals surface area contributed by atoms with Crippen LogP contribution in [0.1, 0.15) is 33.6 Å². The minimum atomic E-state index is 0.249. The molecule has 0 saturated heterocycles. The Hall–Kier alpha value is -1.04. The van der Waals surface area contributed by atoms with Gasteiger partial charge in [0.25, 0.3) is 0 Å². The summed E-state index contributed by atoms with van der Waals surface area (Å²) in [5, 5.41) is 26.7. The fraction of sp³-hybridized carbons (Fsp3) is 1.00. The van der Waals surface area contributed by atoms with Gasteiger partial charge in [-0.25, -0.2) is 0 Å². The monoisotopic (exact) mass is 218 g/mol. The lowest BCUT2D eigenvalue weighted by atomic mass is 10.3. The zero-order valence-electron chi connectivity index (χ0n) is 9.81. The number of hydrazine groups is 1. The number of nitrogens with one attached hydrogen (secondary N) is 1. The molecule has 0 bridgehead atoms. The molecule has 2 N–H and O–H groups in total. The minimum Gasteiger partial charge on any atom is -0.569 e. The normalized spacial score (nSPS) is 12.1. The highest BCUT2D eigenvalue weighted by Gasteiger charge is 2.10. The summed E-state index contributed by atoms with van der Waals surface area (Å²) < 4.78 is 0. The second-order valence-electron chi connectivity index (χ2n) is 3.76. The highest BCUT2D eigenvalue weighted by Crippen LogP contribution is 1.95. The standard InChI is InChI=1S/C9H22N4O2/c1-4-7-12(13(15)11-14)8-5-6-10-9(2)3/h9-10,14H,4-8H2,1-3H3/b13-11-. The molecule has 90 valence electrons. The third-order valence-electron chi connectivity index (χ3n) is 1.95. The minimum absolute atomic E-state index is 0.249. The number of rotatable bonds is 8. The maximum Gasteiger partial charge on any atom is 0.230 e. The zero-order valence-corrected chi connectivity index (χ0v) is 9.81. The number of nitrogens with zero attached hydrogens (tertiary/aromatic N) is 3. The molecule has 15 heavy (non-hydrogen) atoms. The Labute approximate surface area is 91.1 Å². The Bertz CT molecular complexity index is 185. The first-order valence-corrected chi connectivity index (χ1v) is 5.42. The van der Waals surface area contributed by atoms with E-state index in [1.165, 1.54) is 5.01 Å². The molecular formula is C9H22N4O2. The molecule has 0 aliphatic heterocycles. The largest absolute Gasteiger partial charge is 0.569 e.